The van der Waals surface area contributed by atoms with Crippen LogP contribution in [0.1, 0.15) is 5.56 Å². The Bertz CT molecular complexity index is 499. The zero-order chi connectivity index (χ0) is 13.2. The molecule has 2 heterocycles. The van der Waals surface area contributed by atoms with Gasteiger partial charge in [0.1, 0.15) is 6.07 Å². The van der Waals surface area contributed by atoms with E-state index in [1.54, 1.807) is 6.07 Å². The molecule has 0 atom stereocenters. The number of rotatable bonds is 2. The third-order valence-corrected chi connectivity index (χ3v) is 4.35. The molecule has 0 saturated carbocycles. The molecule has 0 bridgehead atoms. The average Bonchev–Trinajstić information content (AvgIpc) is 2.37. The quantitative estimate of drug-likeness (QED) is 0.884. The Morgan fingerprint density at radius 2 is 1.95 bits per heavy atom. The lowest BCUT2D eigenvalue weighted by Gasteiger charge is -2.44. The Morgan fingerprint density at radius 3 is 2.53 bits per heavy atom. The van der Waals surface area contributed by atoms with Crippen molar-refractivity contribution in [2.45, 2.75) is 6.04 Å². The van der Waals surface area contributed by atoms with Gasteiger partial charge in [-0.3, -0.25) is 4.90 Å². The molecule has 0 unspecified atom stereocenters. The lowest BCUT2D eigenvalue weighted by Crippen LogP contribution is -2.61. The van der Waals surface area contributed by atoms with Crippen molar-refractivity contribution in [1.29, 1.82) is 5.26 Å². The first-order valence-corrected chi connectivity index (χ1v) is 7.05. The van der Waals surface area contributed by atoms with Gasteiger partial charge < -0.3 is 10.2 Å². The van der Waals surface area contributed by atoms with Gasteiger partial charge in [0.15, 0.2) is 0 Å². The summed E-state index contributed by atoms with van der Waals surface area (Å²) in [5, 5.41) is 13.1. The predicted octanol–water partition coefficient (Wildman–Crippen LogP) is 1.31. The van der Waals surface area contributed by atoms with Crippen molar-refractivity contribution < 1.29 is 0 Å². The summed E-state index contributed by atoms with van der Waals surface area (Å²) < 4.78 is 0. The molecule has 1 aromatic rings. The number of nitriles is 1. The standard InChI is InChI=1S/C14H17ClN4/c15-13-2-1-3-14(12(13)8-16)19-6-4-18(5-7-19)11-9-17-10-11/h1-3,11,17H,4-7,9-10H2. The molecule has 3 rings (SSSR count). The number of hydrogen-bond acceptors (Lipinski definition) is 4. The van der Waals surface area contributed by atoms with Gasteiger partial charge in [0, 0.05) is 45.3 Å². The Kier molecular flexibility index (Phi) is 3.61. The third kappa shape index (κ3) is 2.42. The molecule has 100 valence electrons. The molecule has 19 heavy (non-hydrogen) atoms. The van der Waals surface area contributed by atoms with Crippen LogP contribution in [0.4, 0.5) is 5.69 Å². The summed E-state index contributed by atoms with van der Waals surface area (Å²) in [6.45, 7) is 6.27. The van der Waals surface area contributed by atoms with Gasteiger partial charge in [-0.2, -0.15) is 5.26 Å². The summed E-state index contributed by atoms with van der Waals surface area (Å²) in [5.41, 5.74) is 1.57. The van der Waals surface area contributed by atoms with E-state index in [-0.39, 0.29) is 0 Å². The van der Waals surface area contributed by atoms with Crippen LogP contribution in [0.3, 0.4) is 0 Å². The Labute approximate surface area is 118 Å². The Morgan fingerprint density at radius 1 is 1.21 bits per heavy atom. The molecule has 2 saturated heterocycles. The molecule has 5 heteroatoms. The zero-order valence-electron chi connectivity index (χ0n) is 10.8. The molecule has 1 N–H and O–H groups in total. The van der Waals surface area contributed by atoms with Crippen molar-refractivity contribution in [2.24, 2.45) is 0 Å². The van der Waals surface area contributed by atoms with E-state index in [0.29, 0.717) is 16.6 Å². The fourth-order valence-electron chi connectivity index (χ4n) is 2.75. The van der Waals surface area contributed by atoms with Gasteiger partial charge >= 0.3 is 0 Å². The Balaban J connectivity index is 1.71. The largest absolute Gasteiger partial charge is 0.368 e. The van der Waals surface area contributed by atoms with E-state index in [1.807, 2.05) is 12.1 Å². The van der Waals surface area contributed by atoms with E-state index in [9.17, 15) is 5.26 Å². The minimum absolute atomic E-state index is 0.547. The van der Waals surface area contributed by atoms with Crippen LogP contribution in [0, 0.1) is 11.3 Å². The van der Waals surface area contributed by atoms with Gasteiger partial charge in [-0.1, -0.05) is 17.7 Å². The summed E-state index contributed by atoms with van der Waals surface area (Å²) in [6.07, 6.45) is 0. The summed E-state index contributed by atoms with van der Waals surface area (Å²) >= 11 is 6.09. The van der Waals surface area contributed by atoms with Crippen molar-refractivity contribution >= 4 is 17.3 Å². The lowest BCUT2D eigenvalue weighted by molar-refractivity contribution is 0.138. The molecular formula is C14H17ClN4. The van der Waals surface area contributed by atoms with Crippen molar-refractivity contribution in [3.8, 4) is 6.07 Å². The van der Waals surface area contributed by atoms with E-state index < -0.39 is 0 Å². The fourth-order valence-corrected chi connectivity index (χ4v) is 2.96. The molecule has 0 amide bonds. The maximum atomic E-state index is 9.24. The predicted molar refractivity (Wildman–Crippen MR) is 76.6 cm³/mol. The summed E-state index contributed by atoms with van der Waals surface area (Å²) in [7, 11) is 0. The lowest BCUT2D eigenvalue weighted by atomic mass is 10.1. The van der Waals surface area contributed by atoms with Crippen LogP contribution >= 0.6 is 11.6 Å². The number of nitrogens with one attached hydrogen (secondary N) is 1. The van der Waals surface area contributed by atoms with Crippen LogP contribution in [0.2, 0.25) is 5.02 Å². The molecule has 2 aliphatic rings. The number of anilines is 1. The monoisotopic (exact) mass is 276 g/mol. The van der Waals surface area contributed by atoms with Gasteiger partial charge in [-0.25, -0.2) is 0 Å². The highest BCUT2D eigenvalue weighted by atomic mass is 35.5. The number of nitrogens with zero attached hydrogens (tertiary/aromatic N) is 3. The first kappa shape index (κ1) is 12.7. The highest BCUT2D eigenvalue weighted by Gasteiger charge is 2.28. The highest BCUT2D eigenvalue weighted by molar-refractivity contribution is 6.32. The topological polar surface area (TPSA) is 42.3 Å². The normalized spacial score (nSPS) is 20.9. The van der Waals surface area contributed by atoms with Crippen molar-refractivity contribution in [3.63, 3.8) is 0 Å². The van der Waals surface area contributed by atoms with Crippen LogP contribution in [0.15, 0.2) is 18.2 Å². The first-order chi connectivity index (χ1) is 9.29. The number of benzene rings is 1. The van der Waals surface area contributed by atoms with Gasteiger partial charge in [0.25, 0.3) is 0 Å². The van der Waals surface area contributed by atoms with Gasteiger partial charge in [0.2, 0.25) is 0 Å². The zero-order valence-corrected chi connectivity index (χ0v) is 11.5. The maximum absolute atomic E-state index is 9.24. The SMILES string of the molecule is N#Cc1c(Cl)cccc1N1CCN(C2CNC2)CC1. The second-order valence-corrected chi connectivity index (χ2v) is 5.49. The molecule has 4 nitrogen and oxygen atoms in total. The van der Waals surface area contributed by atoms with Crippen molar-refractivity contribution in [2.75, 3.05) is 44.2 Å². The summed E-state index contributed by atoms with van der Waals surface area (Å²) in [5.74, 6) is 0. The van der Waals surface area contributed by atoms with Crippen LogP contribution in [0.25, 0.3) is 0 Å². The Hall–Kier alpha value is -1.28. The molecule has 0 aliphatic carbocycles. The van der Waals surface area contributed by atoms with E-state index in [2.05, 4.69) is 21.2 Å². The summed E-state index contributed by atoms with van der Waals surface area (Å²) in [4.78, 5) is 4.80. The minimum Gasteiger partial charge on any atom is -0.368 e. The third-order valence-electron chi connectivity index (χ3n) is 4.03. The molecular weight excluding hydrogens is 260 g/mol. The van der Waals surface area contributed by atoms with Crippen LogP contribution in [-0.2, 0) is 0 Å². The molecule has 0 spiro atoms. The fraction of sp³-hybridized carbons (Fsp3) is 0.500. The maximum Gasteiger partial charge on any atom is 0.103 e. The van der Waals surface area contributed by atoms with Crippen LogP contribution < -0.4 is 10.2 Å². The van der Waals surface area contributed by atoms with E-state index in [0.717, 1.165) is 45.0 Å². The van der Waals surface area contributed by atoms with Crippen molar-refractivity contribution in [3.05, 3.63) is 28.8 Å². The molecule has 0 radical (unpaired) electrons. The van der Waals surface area contributed by atoms with Crippen LogP contribution in [0.5, 0.6) is 0 Å². The second kappa shape index (κ2) is 5.38. The van der Waals surface area contributed by atoms with E-state index >= 15 is 0 Å². The number of hydrogen-bond donors (Lipinski definition) is 1. The van der Waals surface area contributed by atoms with Gasteiger partial charge in [0.05, 0.1) is 16.3 Å². The molecule has 2 aliphatic heterocycles. The second-order valence-electron chi connectivity index (χ2n) is 5.08. The first-order valence-electron chi connectivity index (χ1n) is 6.68. The van der Waals surface area contributed by atoms with E-state index in [1.165, 1.54) is 0 Å². The number of piperazine rings is 1. The van der Waals surface area contributed by atoms with Crippen molar-refractivity contribution in [1.82, 2.24) is 10.2 Å². The molecule has 1 aromatic carbocycles. The van der Waals surface area contributed by atoms with Gasteiger partial charge in [-0.15, -0.1) is 0 Å². The highest BCUT2D eigenvalue weighted by Crippen LogP contribution is 2.27. The smallest absolute Gasteiger partial charge is 0.103 e. The van der Waals surface area contributed by atoms with Gasteiger partial charge in [-0.05, 0) is 12.1 Å². The number of halogens is 1. The average molecular weight is 277 g/mol. The van der Waals surface area contributed by atoms with Crippen LogP contribution in [-0.4, -0.2) is 50.2 Å². The summed E-state index contributed by atoms with van der Waals surface area (Å²) in [6, 6.07) is 8.61. The molecule has 0 aromatic heterocycles. The minimum atomic E-state index is 0.547. The van der Waals surface area contributed by atoms with E-state index in [4.69, 9.17) is 11.6 Å². The molecule has 2 fully saturated rings.